The fraction of sp³-hybridized carbons (Fsp3) is 0.0556. The molecule has 0 radical (unpaired) electrons. The predicted molar refractivity (Wildman–Crippen MR) is 85.8 cm³/mol. The van der Waals surface area contributed by atoms with Crippen LogP contribution in [0.2, 0.25) is 0 Å². The maximum atomic E-state index is 12.6. The van der Waals surface area contributed by atoms with Gasteiger partial charge >= 0.3 is 0 Å². The molecule has 0 spiro atoms. The summed E-state index contributed by atoms with van der Waals surface area (Å²) in [5.41, 5.74) is 2.38. The molecule has 1 amide bonds. The highest BCUT2D eigenvalue weighted by atomic mass is 16.4. The number of para-hydroxylation sites is 1. The van der Waals surface area contributed by atoms with Gasteiger partial charge in [-0.1, -0.05) is 36.4 Å². The lowest BCUT2D eigenvalue weighted by Gasteiger charge is -2.11. The van der Waals surface area contributed by atoms with Gasteiger partial charge in [0.25, 0.3) is 5.91 Å². The van der Waals surface area contributed by atoms with Crippen molar-refractivity contribution in [1.82, 2.24) is 0 Å². The van der Waals surface area contributed by atoms with E-state index >= 15 is 0 Å². The van der Waals surface area contributed by atoms with Gasteiger partial charge in [0.05, 0.1) is 22.9 Å². The first-order valence-corrected chi connectivity index (χ1v) is 7.04. The molecular weight excluding hydrogens is 292 g/mol. The van der Waals surface area contributed by atoms with Crippen molar-refractivity contribution in [2.24, 2.45) is 5.10 Å². The highest BCUT2D eigenvalue weighted by Crippen LogP contribution is 2.24. The SMILES string of the molecule is CC1=NN(c2ccccc2)C(=O)/C1=C/c1cccc(C(=O)[O-])c1. The van der Waals surface area contributed by atoms with Gasteiger partial charge in [-0.05, 0) is 42.3 Å². The molecule has 1 aliphatic rings. The van der Waals surface area contributed by atoms with Crippen LogP contribution in [-0.2, 0) is 4.79 Å². The molecule has 1 aliphatic heterocycles. The van der Waals surface area contributed by atoms with Gasteiger partial charge in [-0.15, -0.1) is 0 Å². The first-order chi connectivity index (χ1) is 11.1. The van der Waals surface area contributed by atoms with Crippen LogP contribution < -0.4 is 10.1 Å². The molecule has 2 aromatic carbocycles. The zero-order valence-corrected chi connectivity index (χ0v) is 12.4. The Morgan fingerprint density at radius 2 is 1.87 bits per heavy atom. The summed E-state index contributed by atoms with van der Waals surface area (Å²) in [5.74, 6) is -1.49. The Morgan fingerprint density at radius 3 is 2.57 bits per heavy atom. The van der Waals surface area contributed by atoms with Gasteiger partial charge in [-0.25, -0.2) is 0 Å². The second kappa shape index (κ2) is 5.88. The number of anilines is 1. The molecule has 23 heavy (non-hydrogen) atoms. The number of hydrogen-bond acceptors (Lipinski definition) is 4. The molecule has 2 aromatic rings. The predicted octanol–water partition coefficient (Wildman–Crippen LogP) is 1.86. The monoisotopic (exact) mass is 305 g/mol. The Kier molecular flexibility index (Phi) is 3.76. The van der Waals surface area contributed by atoms with Crippen LogP contribution in [0, 0.1) is 0 Å². The summed E-state index contributed by atoms with van der Waals surface area (Å²) in [5, 5.41) is 16.5. The van der Waals surface area contributed by atoms with Gasteiger partial charge in [0.15, 0.2) is 0 Å². The smallest absolute Gasteiger partial charge is 0.280 e. The lowest BCUT2D eigenvalue weighted by Crippen LogP contribution is -2.22. The van der Waals surface area contributed by atoms with Crippen LogP contribution in [0.25, 0.3) is 6.08 Å². The van der Waals surface area contributed by atoms with Crippen molar-refractivity contribution >= 4 is 29.4 Å². The summed E-state index contributed by atoms with van der Waals surface area (Å²) in [6, 6.07) is 15.4. The molecule has 0 N–H and O–H groups in total. The third kappa shape index (κ3) is 2.89. The van der Waals surface area contributed by atoms with Gasteiger partial charge in [0.1, 0.15) is 0 Å². The summed E-state index contributed by atoms with van der Waals surface area (Å²) in [6.45, 7) is 1.75. The molecule has 0 unspecified atom stereocenters. The van der Waals surface area contributed by atoms with Gasteiger partial charge in [0, 0.05) is 0 Å². The normalized spacial score (nSPS) is 15.9. The van der Waals surface area contributed by atoms with Crippen LogP contribution in [-0.4, -0.2) is 17.6 Å². The minimum atomic E-state index is -1.25. The second-order valence-corrected chi connectivity index (χ2v) is 5.11. The molecule has 0 bridgehead atoms. The highest BCUT2D eigenvalue weighted by molar-refractivity contribution is 6.32. The van der Waals surface area contributed by atoms with Crippen molar-refractivity contribution in [2.75, 3.05) is 5.01 Å². The van der Waals surface area contributed by atoms with Crippen molar-refractivity contribution in [3.63, 3.8) is 0 Å². The van der Waals surface area contributed by atoms with E-state index in [0.29, 0.717) is 22.5 Å². The topological polar surface area (TPSA) is 72.8 Å². The number of rotatable bonds is 3. The quantitative estimate of drug-likeness (QED) is 0.812. The van der Waals surface area contributed by atoms with Crippen LogP contribution in [0.5, 0.6) is 0 Å². The second-order valence-electron chi connectivity index (χ2n) is 5.11. The van der Waals surface area contributed by atoms with Crippen molar-refractivity contribution in [3.05, 3.63) is 71.3 Å². The van der Waals surface area contributed by atoms with Crippen molar-refractivity contribution < 1.29 is 14.7 Å². The van der Waals surface area contributed by atoms with E-state index in [1.807, 2.05) is 18.2 Å². The van der Waals surface area contributed by atoms with E-state index in [9.17, 15) is 14.7 Å². The van der Waals surface area contributed by atoms with Gasteiger partial charge in [-0.3, -0.25) is 4.79 Å². The van der Waals surface area contributed by atoms with Gasteiger partial charge < -0.3 is 9.90 Å². The average Bonchev–Trinajstić information content (AvgIpc) is 2.84. The Morgan fingerprint density at radius 1 is 1.13 bits per heavy atom. The molecule has 114 valence electrons. The zero-order chi connectivity index (χ0) is 16.4. The molecule has 0 atom stereocenters. The lowest BCUT2D eigenvalue weighted by atomic mass is 10.1. The van der Waals surface area contributed by atoms with Gasteiger partial charge in [-0.2, -0.15) is 10.1 Å². The Hall–Kier alpha value is -3.21. The van der Waals surface area contributed by atoms with Crippen molar-refractivity contribution in [3.8, 4) is 0 Å². The van der Waals surface area contributed by atoms with Gasteiger partial charge in [0.2, 0.25) is 0 Å². The molecular formula is C18H13N2O3-. The van der Waals surface area contributed by atoms with E-state index in [-0.39, 0.29) is 11.5 Å². The molecule has 3 rings (SSSR count). The molecule has 0 aliphatic carbocycles. The maximum absolute atomic E-state index is 12.6. The third-order valence-corrected chi connectivity index (χ3v) is 3.50. The largest absolute Gasteiger partial charge is 0.545 e. The standard InChI is InChI=1S/C18H14N2O3/c1-12-16(11-13-6-5-7-14(10-13)18(22)23)17(21)20(19-12)15-8-3-2-4-9-15/h2-11H,1H3,(H,22,23)/p-1/b16-11+. The van der Waals surface area contributed by atoms with Crippen LogP contribution in [0.15, 0.2) is 65.3 Å². The van der Waals surface area contributed by atoms with Crippen LogP contribution in [0.4, 0.5) is 5.69 Å². The van der Waals surface area contributed by atoms with Crippen LogP contribution >= 0.6 is 0 Å². The zero-order valence-electron chi connectivity index (χ0n) is 12.4. The molecule has 0 fully saturated rings. The number of amides is 1. The summed E-state index contributed by atoms with van der Waals surface area (Å²) in [7, 11) is 0. The average molecular weight is 305 g/mol. The van der Waals surface area contributed by atoms with Crippen molar-refractivity contribution in [1.29, 1.82) is 0 Å². The summed E-state index contributed by atoms with van der Waals surface area (Å²) >= 11 is 0. The number of carbonyl (C=O) groups is 2. The van der Waals surface area contributed by atoms with E-state index < -0.39 is 5.97 Å². The molecule has 0 aromatic heterocycles. The fourth-order valence-corrected chi connectivity index (χ4v) is 2.35. The number of benzene rings is 2. The fourth-order valence-electron chi connectivity index (χ4n) is 2.35. The Bertz CT molecular complexity index is 838. The minimum Gasteiger partial charge on any atom is -0.545 e. The molecule has 5 heteroatoms. The highest BCUT2D eigenvalue weighted by Gasteiger charge is 2.28. The number of carboxylic acids is 1. The maximum Gasteiger partial charge on any atom is 0.280 e. The number of carboxylic acid groups (broad SMARTS) is 1. The Balaban J connectivity index is 1.95. The lowest BCUT2D eigenvalue weighted by molar-refractivity contribution is -0.255. The number of aromatic carboxylic acids is 1. The molecule has 1 heterocycles. The van der Waals surface area contributed by atoms with E-state index in [2.05, 4.69) is 5.10 Å². The van der Waals surface area contributed by atoms with Crippen LogP contribution in [0.1, 0.15) is 22.8 Å². The van der Waals surface area contributed by atoms with Crippen molar-refractivity contribution in [2.45, 2.75) is 6.92 Å². The van der Waals surface area contributed by atoms with E-state index in [0.717, 1.165) is 0 Å². The number of carbonyl (C=O) groups excluding carboxylic acids is 2. The minimum absolute atomic E-state index is 0.0688. The first kappa shape index (κ1) is 14.7. The number of hydrazone groups is 1. The van der Waals surface area contributed by atoms with E-state index in [1.54, 1.807) is 37.3 Å². The number of nitrogens with zero attached hydrogens (tertiary/aromatic N) is 2. The van der Waals surface area contributed by atoms with E-state index in [4.69, 9.17) is 0 Å². The van der Waals surface area contributed by atoms with E-state index in [1.165, 1.54) is 17.1 Å². The van der Waals surface area contributed by atoms with Crippen LogP contribution in [0.3, 0.4) is 0 Å². The molecule has 0 saturated carbocycles. The third-order valence-electron chi connectivity index (χ3n) is 3.50. The first-order valence-electron chi connectivity index (χ1n) is 7.04. The number of hydrogen-bond donors (Lipinski definition) is 0. The molecule has 5 nitrogen and oxygen atoms in total. The summed E-state index contributed by atoms with van der Waals surface area (Å²) < 4.78 is 0. The summed E-state index contributed by atoms with van der Waals surface area (Å²) in [4.78, 5) is 23.5. The summed E-state index contributed by atoms with van der Waals surface area (Å²) in [6.07, 6.45) is 1.64. The Labute approximate surface area is 133 Å². The molecule has 0 saturated heterocycles.